The first-order valence-electron chi connectivity index (χ1n) is 9.69. The first-order valence-corrected chi connectivity index (χ1v) is 10.7. The number of rotatable bonds is 5. The van der Waals surface area contributed by atoms with Crippen LogP contribution >= 0.6 is 11.8 Å². The first kappa shape index (κ1) is 21.1. The van der Waals surface area contributed by atoms with Crippen LogP contribution in [0.15, 0.2) is 41.6 Å². The van der Waals surface area contributed by atoms with Gasteiger partial charge in [0.15, 0.2) is 12.6 Å². The third-order valence-corrected chi connectivity index (χ3v) is 6.00. The van der Waals surface area contributed by atoms with Crippen LogP contribution < -0.4 is 10.6 Å². The number of nitro groups is 1. The highest BCUT2D eigenvalue weighted by molar-refractivity contribution is 7.98. The van der Waals surface area contributed by atoms with Gasteiger partial charge in [-0.1, -0.05) is 56.8 Å². The lowest BCUT2D eigenvalue weighted by molar-refractivity contribution is -0.385. The van der Waals surface area contributed by atoms with Gasteiger partial charge < -0.3 is 15.3 Å². The van der Waals surface area contributed by atoms with E-state index in [0.29, 0.717) is 33.6 Å². The fraction of sp³-hybridized carbons (Fsp3) is 0.333. The van der Waals surface area contributed by atoms with Crippen molar-refractivity contribution in [3.63, 3.8) is 0 Å². The van der Waals surface area contributed by atoms with Gasteiger partial charge in [0, 0.05) is 34.6 Å². The van der Waals surface area contributed by atoms with Crippen molar-refractivity contribution in [1.82, 2.24) is 14.9 Å². The highest BCUT2D eigenvalue weighted by Gasteiger charge is 2.22. The van der Waals surface area contributed by atoms with Crippen LogP contribution in [0.3, 0.4) is 0 Å². The zero-order chi connectivity index (χ0) is 22.2. The van der Waals surface area contributed by atoms with Crippen molar-refractivity contribution < 1.29 is 14.4 Å². The van der Waals surface area contributed by atoms with E-state index >= 15 is 0 Å². The standard InChI is InChI=1S/C21H23N5O4S/c1-21(2,3)16-6-4-13(5-7-16)19-23-24-20(25(19)22)31-11-15-9-17(26(27)28)8-14-10-29-12-30-18(14)15/h4-9H,10-12,22H2,1-3H3. The summed E-state index contributed by atoms with van der Waals surface area (Å²) in [7, 11) is 0. The minimum atomic E-state index is -0.423. The Morgan fingerprint density at radius 3 is 2.65 bits per heavy atom. The maximum atomic E-state index is 11.3. The van der Waals surface area contributed by atoms with Crippen molar-refractivity contribution in [3.05, 3.63) is 63.2 Å². The van der Waals surface area contributed by atoms with E-state index in [1.54, 1.807) is 0 Å². The molecular formula is C21H23N5O4S. The van der Waals surface area contributed by atoms with E-state index < -0.39 is 4.92 Å². The van der Waals surface area contributed by atoms with E-state index in [0.717, 1.165) is 5.56 Å². The van der Waals surface area contributed by atoms with Crippen molar-refractivity contribution in [2.45, 2.75) is 43.7 Å². The molecule has 0 atom stereocenters. The fourth-order valence-electron chi connectivity index (χ4n) is 3.33. The Morgan fingerprint density at radius 2 is 1.97 bits per heavy atom. The zero-order valence-electron chi connectivity index (χ0n) is 17.5. The molecule has 31 heavy (non-hydrogen) atoms. The number of nitrogens with zero attached hydrogens (tertiary/aromatic N) is 4. The fourth-order valence-corrected chi connectivity index (χ4v) is 4.15. The van der Waals surface area contributed by atoms with Crippen LogP contribution in [0.5, 0.6) is 5.75 Å². The van der Waals surface area contributed by atoms with Crippen LogP contribution in [0.1, 0.15) is 37.5 Å². The second kappa shape index (κ2) is 8.20. The number of hydrogen-bond donors (Lipinski definition) is 1. The van der Waals surface area contributed by atoms with E-state index in [4.69, 9.17) is 15.3 Å². The normalized spacial score (nSPS) is 13.5. The van der Waals surface area contributed by atoms with E-state index in [2.05, 4.69) is 43.1 Å². The number of fused-ring (bicyclic) bond motifs is 1. The van der Waals surface area contributed by atoms with Crippen molar-refractivity contribution in [2.75, 3.05) is 12.6 Å². The molecule has 0 saturated carbocycles. The van der Waals surface area contributed by atoms with Crippen LogP contribution in [0.4, 0.5) is 5.69 Å². The molecule has 1 aromatic heterocycles. The molecule has 0 fully saturated rings. The third-order valence-electron chi connectivity index (χ3n) is 5.01. The van der Waals surface area contributed by atoms with Crippen LogP contribution in [0, 0.1) is 10.1 Å². The predicted molar refractivity (Wildman–Crippen MR) is 117 cm³/mol. The molecule has 2 aromatic carbocycles. The van der Waals surface area contributed by atoms with Gasteiger partial charge in [-0.3, -0.25) is 10.1 Å². The lowest BCUT2D eigenvalue weighted by atomic mass is 9.87. The molecule has 0 saturated heterocycles. The molecule has 10 heteroatoms. The number of nitro benzene ring substituents is 1. The first-order chi connectivity index (χ1) is 14.7. The Bertz CT molecular complexity index is 1120. The number of nitrogens with two attached hydrogens (primary N) is 1. The largest absolute Gasteiger partial charge is 0.467 e. The second-order valence-corrected chi connectivity index (χ2v) is 9.20. The summed E-state index contributed by atoms with van der Waals surface area (Å²) in [6.07, 6.45) is 0. The molecule has 0 unspecified atom stereocenters. The Hall–Kier alpha value is -3.11. The molecule has 1 aliphatic heterocycles. The molecule has 4 rings (SSSR count). The number of nitrogen functional groups attached to an aromatic ring is 1. The smallest absolute Gasteiger partial charge is 0.270 e. The molecule has 0 bridgehead atoms. The lowest BCUT2D eigenvalue weighted by Crippen LogP contribution is -2.14. The topological polar surface area (TPSA) is 118 Å². The highest BCUT2D eigenvalue weighted by Crippen LogP contribution is 2.36. The summed E-state index contributed by atoms with van der Waals surface area (Å²) < 4.78 is 12.3. The van der Waals surface area contributed by atoms with E-state index in [9.17, 15) is 10.1 Å². The quantitative estimate of drug-likeness (QED) is 0.273. The summed E-state index contributed by atoms with van der Waals surface area (Å²) in [5.74, 6) is 7.81. The maximum absolute atomic E-state index is 11.3. The summed E-state index contributed by atoms with van der Waals surface area (Å²) in [5, 5.41) is 20.2. The van der Waals surface area contributed by atoms with Gasteiger partial charge in [-0.25, -0.2) is 4.68 Å². The lowest BCUT2D eigenvalue weighted by Gasteiger charge is -2.20. The van der Waals surface area contributed by atoms with Gasteiger partial charge in [0.25, 0.3) is 5.69 Å². The SMILES string of the molecule is CC(C)(C)c1ccc(-c2nnc(SCc3cc([N+](=O)[O-])cc4c3OCOC4)n2N)cc1. The number of ether oxygens (including phenoxy) is 2. The molecule has 0 aliphatic carbocycles. The average Bonchev–Trinajstić information content (AvgIpc) is 3.11. The molecule has 9 nitrogen and oxygen atoms in total. The Labute approximate surface area is 183 Å². The van der Waals surface area contributed by atoms with Crippen LogP contribution in [0.2, 0.25) is 0 Å². The van der Waals surface area contributed by atoms with E-state index in [1.165, 1.54) is 34.1 Å². The predicted octanol–water partition coefficient (Wildman–Crippen LogP) is 4.02. The van der Waals surface area contributed by atoms with E-state index in [-0.39, 0.29) is 24.5 Å². The second-order valence-electron chi connectivity index (χ2n) is 8.25. The highest BCUT2D eigenvalue weighted by atomic mass is 32.2. The Morgan fingerprint density at radius 1 is 1.23 bits per heavy atom. The monoisotopic (exact) mass is 441 g/mol. The number of thioether (sulfide) groups is 1. The number of hydrogen-bond acceptors (Lipinski definition) is 8. The molecule has 0 spiro atoms. The van der Waals surface area contributed by atoms with Crippen LogP contribution in [-0.2, 0) is 22.5 Å². The van der Waals surface area contributed by atoms with Crippen LogP contribution in [0.25, 0.3) is 11.4 Å². The molecule has 0 radical (unpaired) electrons. The summed E-state index contributed by atoms with van der Waals surface area (Å²) in [6.45, 7) is 6.86. The minimum Gasteiger partial charge on any atom is -0.467 e. The molecule has 2 N–H and O–H groups in total. The molecule has 1 aliphatic rings. The van der Waals surface area contributed by atoms with Crippen LogP contribution in [-0.4, -0.2) is 26.6 Å². The Kier molecular flexibility index (Phi) is 5.59. The number of benzene rings is 2. The van der Waals surface area contributed by atoms with Gasteiger partial charge >= 0.3 is 0 Å². The molecular weight excluding hydrogens is 418 g/mol. The van der Waals surface area contributed by atoms with Gasteiger partial charge in [-0.15, -0.1) is 10.2 Å². The van der Waals surface area contributed by atoms with Gasteiger partial charge in [0.2, 0.25) is 5.16 Å². The molecule has 162 valence electrons. The van der Waals surface area contributed by atoms with E-state index in [1.807, 2.05) is 12.1 Å². The van der Waals surface area contributed by atoms with Crippen molar-refractivity contribution in [2.24, 2.45) is 0 Å². The summed E-state index contributed by atoms with van der Waals surface area (Å²) in [5.41, 5.74) is 3.48. The average molecular weight is 442 g/mol. The summed E-state index contributed by atoms with van der Waals surface area (Å²) in [6, 6.07) is 11.1. The summed E-state index contributed by atoms with van der Waals surface area (Å²) in [4.78, 5) is 10.9. The van der Waals surface area contributed by atoms with Gasteiger partial charge in [-0.05, 0) is 11.0 Å². The van der Waals surface area contributed by atoms with Gasteiger partial charge in [-0.2, -0.15) is 0 Å². The van der Waals surface area contributed by atoms with Crippen molar-refractivity contribution in [3.8, 4) is 17.1 Å². The van der Waals surface area contributed by atoms with Crippen molar-refractivity contribution >= 4 is 17.4 Å². The number of aromatic nitrogens is 3. The third kappa shape index (κ3) is 4.35. The minimum absolute atomic E-state index is 0.00251. The molecule has 2 heterocycles. The molecule has 3 aromatic rings. The molecule has 0 amide bonds. The summed E-state index contributed by atoms with van der Waals surface area (Å²) >= 11 is 1.34. The number of non-ortho nitro benzene ring substituents is 1. The maximum Gasteiger partial charge on any atom is 0.270 e. The zero-order valence-corrected chi connectivity index (χ0v) is 18.3. The Balaban J connectivity index is 1.56. The van der Waals surface area contributed by atoms with Gasteiger partial charge in [0.05, 0.1) is 11.5 Å². The van der Waals surface area contributed by atoms with Gasteiger partial charge in [0.1, 0.15) is 5.75 Å². The van der Waals surface area contributed by atoms with Crippen molar-refractivity contribution in [1.29, 1.82) is 0 Å².